The molecule has 3 atom stereocenters. The molecule has 170 valence electrons. The molecule has 3 aromatic rings. The van der Waals surface area contributed by atoms with Crippen molar-refractivity contribution in [2.45, 2.75) is 37.3 Å². The number of aliphatic hydroxyl groups excluding tert-OH is 1. The Morgan fingerprint density at radius 2 is 1.45 bits per heavy atom. The summed E-state index contributed by atoms with van der Waals surface area (Å²) in [5, 5.41) is 10.2. The van der Waals surface area contributed by atoms with Gasteiger partial charge in [-0.1, -0.05) is 84.9 Å². The number of hydrogen-bond donors (Lipinski definition) is 1. The predicted octanol–water partition coefficient (Wildman–Crippen LogP) is 4.35. The molecule has 33 heavy (non-hydrogen) atoms. The smallest absolute Gasteiger partial charge is 0.227 e. The van der Waals surface area contributed by atoms with Crippen LogP contribution in [0.1, 0.15) is 29.9 Å². The van der Waals surface area contributed by atoms with E-state index in [2.05, 4.69) is 58.3 Å². The van der Waals surface area contributed by atoms with Crippen LogP contribution in [0.3, 0.4) is 0 Å². The van der Waals surface area contributed by atoms with Gasteiger partial charge in [-0.05, 0) is 41.6 Å². The van der Waals surface area contributed by atoms with E-state index < -0.39 is 0 Å². The summed E-state index contributed by atoms with van der Waals surface area (Å²) >= 11 is 0. The normalized spacial score (nSPS) is 23.2. The van der Waals surface area contributed by atoms with Crippen LogP contribution in [-0.4, -0.2) is 59.1 Å². The third-order valence-corrected chi connectivity index (χ3v) is 7.32. The summed E-state index contributed by atoms with van der Waals surface area (Å²) in [6, 6.07) is 29.6. The van der Waals surface area contributed by atoms with Crippen LogP contribution in [-0.2, 0) is 11.2 Å². The zero-order chi connectivity index (χ0) is 22.6. The van der Waals surface area contributed by atoms with Crippen LogP contribution >= 0.6 is 0 Å². The maximum Gasteiger partial charge on any atom is 0.227 e. The fourth-order valence-corrected chi connectivity index (χ4v) is 5.58. The first-order valence-corrected chi connectivity index (χ1v) is 12.1. The average Bonchev–Trinajstić information content (AvgIpc) is 2.84. The topological polar surface area (TPSA) is 43.8 Å². The van der Waals surface area contributed by atoms with E-state index in [4.69, 9.17) is 0 Å². The summed E-state index contributed by atoms with van der Waals surface area (Å²) in [6.45, 7) is 2.70. The molecular formula is C29H32N2O2. The molecule has 4 nitrogen and oxygen atoms in total. The van der Waals surface area contributed by atoms with Crippen LogP contribution in [0.5, 0.6) is 0 Å². The van der Waals surface area contributed by atoms with E-state index in [0.29, 0.717) is 6.42 Å². The number of carbonyl (C=O) groups excluding carboxylic acids is 1. The van der Waals surface area contributed by atoms with Crippen molar-refractivity contribution in [2.24, 2.45) is 0 Å². The van der Waals surface area contributed by atoms with Gasteiger partial charge in [-0.3, -0.25) is 9.69 Å². The quantitative estimate of drug-likeness (QED) is 0.642. The molecule has 0 radical (unpaired) electrons. The minimum Gasteiger partial charge on any atom is -0.395 e. The zero-order valence-corrected chi connectivity index (χ0v) is 19.0. The lowest BCUT2D eigenvalue weighted by Gasteiger charge is -2.57. The highest BCUT2D eigenvalue weighted by molar-refractivity contribution is 5.79. The third kappa shape index (κ3) is 4.59. The number of benzene rings is 3. The van der Waals surface area contributed by atoms with Crippen molar-refractivity contribution in [3.05, 3.63) is 96.1 Å². The number of hydrogen-bond acceptors (Lipinski definition) is 3. The number of fused-ring (bicyclic) bond motifs is 1. The number of carbonyl (C=O) groups is 1. The molecule has 2 heterocycles. The third-order valence-electron chi connectivity index (χ3n) is 7.32. The second kappa shape index (κ2) is 9.90. The Morgan fingerprint density at radius 3 is 2.15 bits per heavy atom. The van der Waals surface area contributed by atoms with Crippen molar-refractivity contribution < 1.29 is 9.90 Å². The monoisotopic (exact) mass is 440 g/mol. The highest BCUT2D eigenvalue weighted by atomic mass is 16.3. The molecule has 0 aliphatic carbocycles. The molecular weight excluding hydrogens is 408 g/mol. The van der Waals surface area contributed by atoms with Crippen molar-refractivity contribution in [1.82, 2.24) is 9.80 Å². The molecule has 0 spiro atoms. The molecule has 3 aromatic carbocycles. The standard InChI is InChI=1S/C29H32N2O2/c32-21-27-29(25-15-13-24(14-16-25)23-11-5-2-6-12-23)26-20-30(17-7-8-18-31(26)27)28(33)19-22-9-3-1-4-10-22/h1-6,9-16,26-27,29,32H,7-8,17-21H2/t26-,27+,29-/m1/s1. The molecule has 1 N–H and O–H groups in total. The highest BCUT2D eigenvalue weighted by Gasteiger charge is 2.49. The molecule has 2 fully saturated rings. The summed E-state index contributed by atoms with van der Waals surface area (Å²) in [5.41, 5.74) is 4.73. The molecule has 0 aromatic heterocycles. The number of amides is 1. The number of aliphatic hydroxyl groups is 1. The van der Waals surface area contributed by atoms with Gasteiger partial charge in [-0.2, -0.15) is 0 Å². The van der Waals surface area contributed by atoms with Crippen LogP contribution in [0.4, 0.5) is 0 Å². The van der Waals surface area contributed by atoms with Gasteiger partial charge in [0.05, 0.1) is 13.0 Å². The molecule has 2 saturated heterocycles. The van der Waals surface area contributed by atoms with Crippen molar-refractivity contribution >= 4 is 5.91 Å². The lowest BCUT2D eigenvalue weighted by atomic mass is 9.74. The Hall–Kier alpha value is -2.95. The molecule has 4 heteroatoms. The van der Waals surface area contributed by atoms with Gasteiger partial charge in [-0.15, -0.1) is 0 Å². The van der Waals surface area contributed by atoms with Crippen LogP contribution in [0.15, 0.2) is 84.9 Å². The van der Waals surface area contributed by atoms with E-state index in [-0.39, 0.29) is 30.5 Å². The van der Waals surface area contributed by atoms with Gasteiger partial charge in [0.1, 0.15) is 0 Å². The van der Waals surface area contributed by atoms with Crippen molar-refractivity contribution in [2.75, 3.05) is 26.2 Å². The predicted molar refractivity (Wildman–Crippen MR) is 132 cm³/mol. The van der Waals surface area contributed by atoms with Gasteiger partial charge >= 0.3 is 0 Å². The largest absolute Gasteiger partial charge is 0.395 e. The van der Waals surface area contributed by atoms with Crippen LogP contribution in [0.25, 0.3) is 11.1 Å². The fourth-order valence-electron chi connectivity index (χ4n) is 5.58. The van der Waals surface area contributed by atoms with E-state index in [9.17, 15) is 9.90 Å². The minimum atomic E-state index is 0.127. The lowest BCUT2D eigenvalue weighted by Crippen LogP contribution is -2.68. The van der Waals surface area contributed by atoms with E-state index >= 15 is 0 Å². The van der Waals surface area contributed by atoms with Crippen molar-refractivity contribution in [3.63, 3.8) is 0 Å². The minimum absolute atomic E-state index is 0.127. The van der Waals surface area contributed by atoms with Gasteiger partial charge in [0.25, 0.3) is 0 Å². The summed E-state index contributed by atoms with van der Waals surface area (Å²) in [5.74, 6) is 0.443. The van der Waals surface area contributed by atoms with Crippen molar-refractivity contribution in [1.29, 1.82) is 0 Å². The Bertz CT molecular complexity index is 1050. The van der Waals surface area contributed by atoms with Crippen LogP contribution in [0.2, 0.25) is 0 Å². The van der Waals surface area contributed by atoms with E-state index in [0.717, 1.165) is 38.0 Å². The molecule has 0 bridgehead atoms. The van der Waals surface area contributed by atoms with E-state index in [1.165, 1.54) is 16.7 Å². The van der Waals surface area contributed by atoms with Gasteiger partial charge in [0, 0.05) is 31.1 Å². The van der Waals surface area contributed by atoms with E-state index in [1.807, 2.05) is 36.4 Å². The molecule has 0 unspecified atom stereocenters. The fraction of sp³-hybridized carbons (Fsp3) is 0.345. The summed E-state index contributed by atoms with van der Waals surface area (Å²) in [7, 11) is 0. The number of rotatable bonds is 5. The summed E-state index contributed by atoms with van der Waals surface area (Å²) < 4.78 is 0. The zero-order valence-electron chi connectivity index (χ0n) is 19.0. The molecule has 2 aliphatic heterocycles. The molecule has 0 saturated carbocycles. The van der Waals surface area contributed by atoms with Crippen LogP contribution < -0.4 is 0 Å². The van der Waals surface area contributed by atoms with Crippen LogP contribution in [0, 0.1) is 0 Å². The maximum atomic E-state index is 13.2. The first-order chi connectivity index (χ1) is 16.2. The Balaban J connectivity index is 1.35. The van der Waals surface area contributed by atoms with Gasteiger partial charge in [0.2, 0.25) is 5.91 Å². The summed E-state index contributed by atoms with van der Waals surface area (Å²) in [6.07, 6.45) is 2.52. The first kappa shape index (κ1) is 21.9. The first-order valence-electron chi connectivity index (χ1n) is 12.1. The maximum absolute atomic E-state index is 13.2. The van der Waals surface area contributed by atoms with E-state index in [1.54, 1.807) is 0 Å². The second-order valence-electron chi connectivity index (χ2n) is 9.28. The summed E-state index contributed by atoms with van der Waals surface area (Å²) in [4.78, 5) is 17.6. The lowest BCUT2D eigenvalue weighted by molar-refractivity contribution is -0.135. The SMILES string of the molecule is O=C(Cc1ccccc1)N1CCCCN2[C@H](C1)[C@@H](c1ccc(-c3ccccc3)cc1)[C@@H]2CO. The average molecular weight is 441 g/mol. The molecule has 5 rings (SSSR count). The van der Waals surface area contributed by atoms with Crippen molar-refractivity contribution in [3.8, 4) is 11.1 Å². The number of nitrogens with zero attached hydrogens (tertiary/aromatic N) is 2. The second-order valence-corrected chi connectivity index (χ2v) is 9.28. The highest BCUT2D eigenvalue weighted by Crippen LogP contribution is 2.42. The molecule has 1 amide bonds. The Kier molecular flexibility index (Phi) is 6.56. The van der Waals surface area contributed by atoms with Gasteiger partial charge < -0.3 is 10.0 Å². The Morgan fingerprint density at radius 1 is 0.818 bits per heavy atom. The van der Waals surface area contributed by atoms with Gasteiger partial charge in [0.15, 0.2) is 0 Å². The Labute approximate surface area is 196 Å². The van der Waals surface area contributed by atoms with Gasteiger partial charge in [-0.25, -0.2) is 0 Å². The molecule has 2 aliphatic rings.